The van der Waals surface area contributed by atoms with Crippen molar-refractivity contribution in [3.63, 3.8) is 0 Å². The van der Waals surface area contributed by atoms with Crippen LogP contribution in [0.1, 0.15) is 80.0 Å². The Kier molecular flexibility index (Phi) is 6.63. The van der Waals surface area contributed by atoms with Crippen molar-refractivity contribution in [3.8, 4) is 5.75 Å². The van der Waals surface area contributed by atoms with E-state index in [1.54, 1.807) is 6.07 Å². The zero-order valence-electron chi connectivity index (χ0n) is 20.5. The predicted molar refractivity (Wildman–Crippen MR) is 138 cm³/mol. The van der Waals surface area contributed by atoms with Gasteiger partial charge in [-0.05, 0) is 83.5 Å². The van der Waals surface area contributed by atoms with Crippen LogP contribution >= 0.6 is 0 Å². The number of rotatable bonds is 6. The van der Waals surface area contributed by atoms with Crippen LogP contribution in [0.5, 0.6) is 5.75 Å². The molecule has 1 aliphatic carbocycles. The molecule has 1 aliphatic heterocycles. The van der Waals surface area contributed by atoms with E-state index in [1.165, 1.54) is 53.6 Å². The summed E-state index contributed by atoms with van der Waals surface area (Å²) in [5.41, 5.74) is 7.07. The Hall–Kier alpha value is -2.81. The minimum absolute atomic E-state index is 0.253. The molecule has 3 aromatic carbocycles. The second-order valence-electron chi connectivity index (χ2n) is 10.3. The number of hydrogen-bond donors (Lipinski definition) is 0. The first-order valence-electron chi connectivity index (χ1n) is 13.0. The molecule has 3 aromatic rings. The Bertz CT molecular complexity index is 1080. The number of fused-ring (bicyclic) bond motifs is 1. The van der Waals surface area contributed by atoms with E-state index in [0.29, 0.717) is 17.1 Å². The average molecular weight is 458 g/mol. The lowest BCUT2D eigenvalue weighted by atomic mass is 9.69. The largest absolute Gasteiger partial charge is 0.371 e. The van der Waals surface area contributed by atoms with Gasteiger partial charge >= 0.3 is 0 Å². The molecule has 3 heteroatoms. The van der Waals surface area contributed by atoms with E-state index >= 15 is 0 Å². The summed E-state index contributed by atoms with van der Waals surface area (Å²) in [4.78, 5) is 6.60. The number of hydrogen-bond acceptors (Lipinski definition) is 2. The van der Waals surface area contributed by atoms with Crippen LogP contribution in [0.25, 0.3) is 0 Å². The highest BCUT2D eigenvalue weighted by Crippen LogP contribution is 2.47. The van der Waals surface area contributed by atoms with Crippen molar-refractivity contribution in [2.75, 3.05) is 18.0 Å². The van der Waals surface area contributed by atoms with Gasteiger partial charge in [-0.1, -0.05) is 75.2 Å². The van der Waals surface area contributed by atoms with Gasteiger partial charge < -0.3 is 4.90 Å². The molecule has 178 valence electrons. The van der Waals surface area contributed by atoms with E-state index < -0.39 is 0 Å². The Balaban J connectivity index is 1.44. The lowest BCUT2D eigenvalue weighted by Crippen LogP contribution is -2.39. The Morgan fingerprint density at radius 3 is 2.24 bits per heavy atom. The third-order valence-corrected chi connectivity index (χ3v) is 8.83. The lowest BCUT2D eigenvalue weighted by molar-refractivity contribution is -0.00634. The zero-order valence-corrected chi connectivity index (χ0v) is 20.5. The van der Waals surface area contributed by atoms with Gasteiger partial charge in [0.1, 0.15) is 0 Å². The summed E-state index contributed by atoms with van der Waals surface area (Å²) in [7, 11) is 0. The van der Waals surface area contributed by atoms with Crippen molar-refractivity contribution in [1.29, 1.82) is 0 Å². The minimum Gasteiger partial charge on any atom is -0.371 e. The molecule has 34 heavy (non-hydrogen) atoms. The Morgan fingerprint density at radius 2 is 1.59 bits per heavy atom. The lowest BCUT2D eigenvalue weighted by Gasteiger charge is -2.42. The molecule has 0 spiro atoms. The number of aryl methyl sites for hydroxylation is 1. The summed E-state index contributed by atoms with van der Waals surface area (Å²) >= 11 is 0. The molecular weight excluding hydrogens is 421 g/mol. The highest BCUT2D eigenvalue weighted by atomic mass is 19.3. The van der Waals surface area contributed by atoms with Crippen LogP contribution in [0.3, 0.4) is 0 Å². The summed E-state index contributed by atoms with van der Waals surface area (Å²) in [5.74, 6) is 0.954. The van der Waals surface area contributed by atoms with Gasteiger partial charge in [0.2, 0.25) is 0 Å². The first kappa shape index (κ1) is 23.0. The smallest absolute Gasteiger partial charge is 0.172 e. The van der Waals surface area contributed by atoms with Crippen molar-refractivity contribution >= 4 is 5.69 Å². The fourth-order valence-corrected chi connectivity index (χ4v) is 6.40. The molecular formula is C31H36FNO. The topological polar surface area (TPSA) is 12.5 Å². The zero-order chi connectivity index (χ0) is 23.5. The van der Waals surface area contributed by atoms with Crippen LogP contribution in [-0.4, -0.2) is 13.1 Å². The molecule has 0 saturated carbocycles. The summed E-state index contributed by atoms with van der Waals surface area (Å²) in [5, 5.41) is 0. The fourth-order valence-electron chi connectivity index (χ4n) is 6.40. The molecule has 2 aliphatic rings. The van der Waals surface area contributed by atoms with E-state index in [4.69, 9.17) is 0 Å². The third-order valence-electron chi connectivity index (χ3n) is 8.83. The monoisotopic (exact) mass is 457 g/mol. The first-order chi connectivity index (χ1) is 16.7. The normalized spacial score (nSPS) is 21.7. The fraction of sp³-hybridized carbons (Fsp3) is 0.419. The van der Waals surface area contributed by atoms with Gasteiger partial charge in [-0.3, -0.25) is 4.94 Å². The van der Waals surface area contributed by atoms with Crippen LogP contribution in [0.2, 0.25) is 0 Å². The van der Waals surface area contributed by atoms with E-state index in [0.717, 1.165) is 25.9 Å². The molecule has 2 unspecified atom stereocenters. The second-order valence-corrected chi connectivity index (χ2v) is 10.3. The second kappa shape index (κ2) is 9.82. The van der Waals surface area contributed by atoms with Crippen LogP contribution in [-0.2, 0) is 6.42 Å². The van der Waals surface area contributed by atoms with Gasteiger partial charge in [-0.2, -0.15) is 0 Å². The maximum Gasteiger partial charge on any atom is 0.172 e. The van der Waals surface area contributed by atoms with Gasteiger partial charge in [-0.15, -0.1) is 0 Å². The first-order valence-corrected chi connectivity index (χ1v) is 13.0. The van der Waals surface area contributed by atoms with Crippen molar-refractivity contribution in [1.82, 2.24) is 0 Å². The van der Waals surface area contributed by atoms with Crippen molar-refractivity contribution in [2.45, 2.75) is 64.2 Å². The van der Waals surface area contributed by atoms with Crippen LogP contribution in [0.4, 0.5) is 10.2 Å². The molecule has 0 amide bonds. The number of benzene rings is 3. The SMILES string of the molecule is CCC1(CC)CCN(c2ccc(C3c4ccc(OF)cc4CCC3c3ccccc3)cc2)CC1. The van der Waals surface area contributed by atoms with Crippen LogP contribution in [0, 0.1) is 5.41 Å². The van der Waals surface area contributed by atoms with E-state index in [2.05, 4.69) is 84.4 Å². The molecule has 5 rings (SSSR count). The summed E-state index contributed by atoms with van der Waals surface area (Å²) in [6, 6.07) is 25.8. The van der Waals surface area contributed by atoms with Crippen LogP contribution in [0.15, 0.2) is 72.8 Å². The quantitative estimate of drug-likeness (QED) is 0.370. The molecule has 0 radical (unpaired) electrons. The molecule has 2 atom stereocenters. The van der Waals surface area contributed by atoms with Crippen molar-refractivity contribution < 1.29 is 9.47 Å². The Morgan fingerprint density at radius 1 is 0.882 bits per heavy atom. The van der Waals surface area contributed by atoms with Gasteiger partial charge in [0.05, 0.1) is 0 Å². The third kappa shape index (κ3) is 4.33. The number of nitrogens with zero attached hydrogens (tertiary/aromatic N) is 1. The highest BCUT2D eigenvalue weighted by molar-refractivity contribution is 5.52. The number of anilines is 1. The average Bonchev–Trinajstić information content (AvgIpc) is 2.92. The molecule has 0 aromatic heterocycles. The van der Waals surface area contributed by atoms with Gasteiger partial charge in [-0.25, -0.2) is 0 Å². The molecule has 1 fully saturated rings. The van der Waals surface area contributed by atoms with E-state index in [-0.39, 0.29) is 5.92 Å². The maximum absolute atomic E-state index is 12.9. The summed E-state index contributed by atoms with van der Waals surface area (Å²) in [6.07, 6.45) is 7.12. The van der Waals surface area contributed by atoms with Crippen LogP contribution < -0.4 is 9.84 Å². The summed E-state index contributed by atoms with van der Waals surface area (Å²) in [6.45, 7) is 6.99. The van der Waals surface area contributed by atoms with Gasteiger partial charge in [0.15, 0.2) is 5.75 Å². The van der Waals surface area contributed by atoms with Crippen molar-refractivity contribution in [3.05, 3.63) is 95.1 Å². The van der Waals surface area contributed by atoms with E-state index in [1.807, 2.05) is 6.07 Å². The molecule has 1 heterocycles. The minimum atomic E-state index is 0.253. The van der Waals surface area contributed by atoms with E-state index in [9.17, 15) is 4.53 Å². The highest BCUT2D eigenvalue weighted by Gasteiger charge is 2.33. The predicted octanol–water partition coefficient (Wildman–Crippen LogP) is 8.22. The van der Waals surface area contributed by atoms with Gasteiger partial charge in [0, 0.05) is 29.2 Å². The Labute approximate surface area is 203 Å². The maximum atomic E-state index is 12.9. The molecule has 0 bridgehead atoms. The number of piperidine rings is 1. The standard InChI is InChI=1S/C31H36FNO/c1-3-31(4-2)18-20-33(21-19-31)26-13-10-24(11-14-26)30-28(23-8-6-5-7-9-23)16-12-25-22-27(34-32)15-17-29(25)30/h5-11,13-15,17,22,28,30H,3-4,12,16,18-21H2,1-2H3. The molecule has 2 nitrogen and oxygen atoms in total. The van der Waals surface area contributed by atoms with Crippen molar-refractivity contribution in [2.24, 2.45) is 5.41 Å². The van der Waals surface area contributed by atoms with Gasteiger partial charge in [0.25, 0.3) is 0 Å². The number of halogens is 1. The summed E-state index contributed by atoms with van der Waals surface area (Å²) < 4.78 is 12.9. The molecule has 1 saturated heterocycles. The molecule has 0 N–H and O–H groups in total.